The van der Waals surface area contributed by atoms with Crippen molar-refractivity contribution in [1.82, 2.24) is 4.98 Å². The topological polar surface area (TPSA) is 124 Å². The molecule has 0 bridgehead atoms. The smallest absolute Gasteiger partial charge is 0.350 e. The first kappa shape index (κ1) is 27.9. The molecule has 1 atom stereocenters. The maximum Gasteiger partial charge on any atom is 0.350 e. The zero-order valence-electron chi connectivity index (χ0n) is 22.5. The van der Waals surface area contributed by atoms with Crippen LogP contribution in [-0.2, 0) is 14.3 Å². The molecule has 1 N–H and O–H groups in total. The number of ether oxygens (including phenoxy) is 4. The van der Waals surface area contributed by atoms with E-state index in [0.29, 0.717) is 48.3 Å². The quantitative estimate of drug-likeness (QED) is 0.123. The van der Waals surface area contributed by atoms with Crippen LogP contribution in [-0.4, -0.2) is 54.2 Å². The van der Waals surface area contributed by atoms with Crippen molar-refractivity contribution in [3.8, 4) is 17.2 Å². The van der Waals surface area contributed by atoms with Crippen LogP contribution in [0, 0.1) is 6.92 Å². The highest BCUT2D eigenvalue weighted by Crippen LogP contribution is 2.45. The minimum atomic E-state index is -1.06. The van der Waals surface area contributed by atoms with Crippen LogP contribution < -0.4 is 19.1 Å². The number of amides is 1. The number of aryl methyl sites for hydroxylation is 1. The molecule has 0 unspecified atom stereocenters. The van der Waals surface area contributed by atoms with E-state index in [9.17, 15) is 19.5 Å². The van der Waals surface area contributed by atoms with Crippen molar-refractivity contribution in [2.75, 3.05) is 31.3 Å². The predicted octanol–water partition coefficient (Wildman–Crippen LogP) is 4.98. The summed E-state index contributed by atoms with van der Waals surface area (Å²) in [7, 11) is 0. The fraction of sp³-hybridized carbons (Fsp3) is 0.267. The standard InChI is InChI=1S/C30H28N2O8S/c1-4-11-37-20-8-6-7-18(15-20)24-23(25(33)19-9-10-21-22(16-19)39-14-13-38-21)26(34)28(35)32(24)30-31-17(3)27(41-30)29(36)40-12-5-2/h5-10,15-16,24,33H,2,4,11-14H2,1,3H3/b25-23+/t24-/m1/s1. The second-order valence-electron chi connectivity index (χ2n) is 9.25. The van der Waals surface area contributed by atoms with Gasteiger partial charge in [0, 0.05) is 5.56 Å². The minimum absolute atomic E-state index is 0.0100. The Labute approximate surface area is 240 Å². The molecule has 0 radical (unpaired) electrons. The third-order valence-electron chi connectivity index (χ3n) is 6.42. The van der Waals surface area contributed by atoms with E-state index in [4.69, 9.17) is 18.9 Å². The highest BCUT2D eigenvalue weighted by molar-refractivity contribution is 7.17. The number of thiazole rings is 1. The summed E-state index contributed by atoms with van der Waals surface area (Å²) in [6.45, 7) is 8.36. The van der Waals surface area contributed by atoms with Gasteiger partial charge in [0.05, 0.1) is 23.9 Å². The number of carbonyl (C=O) groups is 3. The van der Waals surface area contributed by atoms with Crippen molar-refractivity contribution in [3.63, 3.8) is 0 Å². The molecule has 11 heteroatoms. The van der Waals surface area contributed by atoms with Gasteiger partial charge in [-0.05, 0) is 49.2 Å². The van der Waals surface area contributed by atoms with Crippen LogP contribution in [0.5, 0.6) is 17.2 Å². The molecule has 0 spiro atoms. The van der Waals surface area contributed by atoms with Gasteiger partial charge in [-0.2, -0.15) is 0 Å². The summed E-state index contributed by atoms with van der Waals surface area (Å²) >= 11 is 0.927. The number of esters is 1. The SMILES string of the molecule is C=CCOC(=O)c1sc(N2C(=O)C(=O)/C(=C(/O)c3ccc4c(c3)OCCO4)[C@H]2c2cccc(OCCC)c2)nc1C. The molecule has 3 aromatic rings. The van der Waals surface area contributed by atoms with Gasteiger partial charge in [-0.3, -0.25) is 14.5 Å². The first-order valence-corrected chi connectivity index (χ1v) is 13.8. The van der Waals surface area contributed by atoms with Crippen LogP contribution in [0.25, 0.3) is 5.76 Å². The Balaban J connectivity index is 1.65. The number of Topliss-reactive ketones (excluding diaryl/α,β-unsaturated/α-hetero) is 1. The molecule has 3 heterocycles. The molecule has 2 aliphatic heterocycles. The minimum Gasteiger partial charge on any atom is -0.507 e. The number of ketones is 1. The molecule has 212 valence electrons. The van der Waals surface area contributed by atoms with E-state index in [0.717, 1.165) is 17.8 Å². The van der Waals surface area contributed by atoms with Gasteiger partial charge in [0.1, 0.15) is 36.2 Å². The summed E-state index contributed by atoms with van der Waals surface area (Å²) < 4.78 is 22.2. The lowest BCUT2D eigenvalue weighted by molar-refractivity contribution is -0.132. The normalized spacial score (nSPS) is 17.4. The second-order valence-corrected chi connectivity index (χ2v) is 10.2. The summed E-state index contributed by atoms with van der Waals surface area (Å²) in [5.74, 6) is -1.32. The molecule has 1 fully saturated rings. The number of carbonyl (C=O) groups excluding carboxylic acids is 3. The van der Waals surface area contributed by atoms with Gasteiger partial charge in [0.2, 0.25) is 0 Å². The Morgan fingerprint density at radius 3 is 2.73 bits per heavy atom. The molecule has 1 aromatic heterocycles. The molecule has 2 aliphatic rings. The molecule has 41 heavy (non-hydrogen) atoms. The lowest BCUT2D eigenvalue weighted by Gasteiger charge is -2.24. The highest BCUT2D eigenvalue weighted by atomic mass is 32.1. The average Bonchev–Trinajstić information content (AvgIpc) is 3.50. The number of aliphatic hydroxyl groups is 1. The van der Waals surface area contributed by atoms with Gasteiger partial charge in [-0.25, -0.2) is 9.78 Å². The first-order chi connectivity index (χ1) is 19.8. The average molecular weight is 577 g/mol. The van der Waals surface area contributed by atoms with Gasteiger partial charge in [-0.15, -0.1) is 0 Å². The van der Waals surface area contributed by atoms with E-state index in [-0.39, 0.29) is 33.5 Å². The number of rotatable bonds is 9. The summed E-state index contributed by atoms with van der Waals surface area (Å²) in [6.07, 6.45) is 2.23. The second kappa shape index (κ2) is 11.8. The summed E-state index contributed by atoms with van der Waals surface area (Å²) in [6, 6.07) is 10.7. The molecule has 1 amide bonds. The van der Waals surface area contributed by atoms with Crippen LogP contribution in [0.1, 0.15) is 45.9 Å². The Hall–Kier alpha value is -4.64. The van der Waals surface area contributed by atoms with E-state index in [1.54, 1.807) is 49.4 Å². The lowest BCUT2D eigenvalue weighted by Crippen LogP contribution is -2.29. The van der Waals surface area contributed by atoms with Crippen LogP contribution in [0.3, 0.4) is 0 Å². The van der Waals surface area contributed by atoms with Crippen LogP contribution >= 0.6 is 11.3 Å². The molecular formula is C30H28N2O8S. The first-order valence-electron chi connectivity index (χ1n) is 13.0. The molecule has 0 saturated carbocycles. The Bertz CT molecular complexity index is 1560. The van der Waals surface area contributed by atoms with Gasteiger partial charge >= 0.3 is 11.9 Å². The maximum atomic E-state index is 13.6. The zero-order valence-corrected chi connectivity index (χ0v) is 23.4. The van der Waals surface area contributed by atoms with Crippen molar-refractivity contribution in [2.45, 2.75) is 26.3 Å². The zero-order chi connectivity index (χ0) is 29.1. The van der Waals surface area contributed by atoms with Crippen molar-refractivity contribution in [3.05, 3.63) is 82.4 Å². The maximum absolute atomic E-state index is 13.6. The van der Waals surface area contributed by atoms with Crippen molar-refractivity contribution in [1.29, 1.82) is 0 Å². The molecular weight excluding hydrogens is 548 g/mol. The van der Waals surface area contributed by atoms with Crippen molar-refractivity contribution in [2.24, 2.45) is 0 Å². The molecule has 5 rings (SSSR count). The van der Waals surface area contributed by atoms with Crippen molar-refractivity contribution >= 4 is 39.9 Å². The fourth-order valence-corrected chi connectivity index (χ4v) is 5.55. The number of benzene rings is 2. The number of hydrogen-bond acceptors (Lipinski definition) is 10. The summed E-state index contributed by atoms with van der Waals surface area (Å²) in [4.78, 5) is 45.6. The van der Waals surface area contributed by atoms with Crippen LogP contribution in [0.15, 0.2) is 60.7 Å². The largest absolute Gasteiger partial charge is 0.507 e. The lowest BCUT2D eigenvalue weighted by atomic mass is 9.95. The number of aromatic nitrogens is 1. The number of aliphatic hydroxyl groups excluding tert-OH is 1. The van der Waals surface area contributed by atoms with E-state index >= 15 is 0 Å². The van der Waals surface area contributed by atoms with Crippen molar-refractivity contribution < 1.29 is 38.4 Å². The van der Waals surface area contributed by atoms with Gasteiger partial charge in [0.15, 0.2) is 16.6 Å². The summed E-state index contributed by atoms with van der Waals surface area (Å²) in [5, 5.41) is 11.6. The summed E-state index contributed by atoms with van der Waals surface area (Å²) in [5.41, 5.74) is 0.995. The third-order valence-corrected chi connectivity index (χ3v) is 7.55. The molecule has 1 saturated heterocycles. The van der Waals surface area contributed by atoms with Crippen LogP contribution in [0.4, 0.5) is 5.13 Å². The van der Waals surface area contributed by atoms with E-state index < -0.39 is 23.7 Å². The Morgan fingerprint density at radius 2 is 1.98 bits per heavy atom. The molecule has 2 aromatic carbocycles. The van der Waals surface area contributed by atoms with E-state index in [2.05, 4.69) is 11.6 Å². The van der Waals surface area contributed by atoms with Gasteiger partial charge in [-0.1, -0.05) is 43.0 Å². The van der Waals surface area contributed by atoms with Gasteiger partial charge in [0.25, 0.3) is 5.78 Å². The number of nitrogens with zero attached hydrogens (tertiary/aromatic N) is 2. The van der Waals surface area contributed by atoms with Crippen LogP contribution in [0.2, 0.25) is 0 Å². The fourth-order valence-electron chi connectivity index (χ4n) is 4.56. The monoisotopic (exact) mass is 576 g/mol. The molecule has 0 aliphatic carbocycles. The van der Waals surface area contributed by atoms with Gasteiger partial charge < -0.3 is 24.1 Å². The Morgan fingerprint density at radius 1 is 1.20 bits per heavy atom. The van der Waals surface area contributed by atoms with E-state index in [1.807, 2.05) is 6.92 Å². The molecule has 10 nitrogen and oxygen atoms in total. The number of anilines is 1. The Kier molecular flexibility index (Phi) is 8.06. The number of hydrogen-bond donors (Lipinski definition) is 1. The highest BCUT2D eigenvalue weighted by Gasteiger charge is 2.48. The third kappa shape index (κ3) is 5.40. The van der Waals surface area contributed by atoms with E-state index in [1.165, 1.54) is 11.0 Å². The predicted molar refractivity (Wildman–Crippen MR) is 152 cm³/mol. The number of fused-ring (bicyclic) bond motifs is 1.